The lowest BCUT2D eigenvalue weighted by Gasteiger charge is -2.23. The molecule has 5 N–H and O–H groups in total. The van der Waals surface area contributed by atoms with Gasteiger partial charge in [-0.3, -0.25) is 5.10 Å². The van der Waals surface area contributed by atoms with E-state index in [1.54, 1.807) is 6.20 Å². The molecule has 1 aromatic carbocycles. The summed E-state index contributed by atoms with van der Waals surface area (Å²) in [6.07, 6.45) is 2.09. The highest BCUT2D eigenvalue weighted by Gasteiger charge is 2.16. The summed E-state index contributed by atoms with van der Waals surface area (Å²) in [6, 6.07) is 3.79. The Labute approximate surface area is 113 Å². The Balaban J connectivity index is 2.03. The first-order chi connectivity index (χ1) is 8.85. The van der Waals surface area contributed by atoms with Gasteiger partial charge in [0.05, 0.1) is 29.2 Å². The van der Waals surface area contributed by atoms with Crippen molar-refractivity contribution in [1.29, 1.82) is 0 Å². The van der Waals surface area contributed by atoms with Gasteiger partial charge in [-0.05, 0) is 24.0 Å². The summed E-state index contributed by atoms with van der Waals surface area (Å²) in [7, 11) is 0. The fourth-order valence-corrected chi connectivity index (χ4v) is 2.17. The lowest BCUT2D eigenvalue weighted by atomic mass is 9.89. The highest BCUT2D eigenvalue weighted by molar-refractivity contribution is 5.88. The van der Waals surface area contributed by atoms with E-state index >= 15 is 0 Å². The van der Waals surface area contributed by atoms with Gasteiger partial charge in [0, 0.05) is 11.9 Å². The Morgan fingerprint density at radius 1 is 1.42 bits per heavy atom. The van der Waals surface area contributed by atoms with Crippen LogP contribution in [0.3, 0.4) is 0 Å². The average Bonchev–Trinajstić information content (AvgIpc) is 2.70. The van der Waals surface area contributed by atoms with Crippen molar-refractivity contribution >= 4 is 22.3 Å². The van der Waals surface area contributed by atoms with E-state index in [9.17, 15) is 5.11 Å². The zero-order chi connectivity index (χ0) is 14.0. The van der Waals surface area contributed by atoms with Crippen molar-refractivity contribution in [2.45, 2.75) is 33.3 Å². The van der Waals surface area contributed by atoms with Crippen molar-refractivity contribution in [1.82, 2.24) is 10.2 Å². The molecule has 0 aliphatic heterocycles. The number of nitrogens with zero attached hydrogens (tertiary/aromatic N) is 1. The van der Waals surface area contributed by atoms with Crippen LogP contribution in [0, 0.1) is 5.41 Å². The van der Waals surface area contributed by atoms with Gasteiger partial charge in [-0.25, -0.2) is 0 Å². The molecule has 0 radical (unpaired) electrons. The Bertz CT molecular complexity index is 556. The van der Waals surface area contributed by atoms with Crippen molar-refractivity contribution in [2.75, 3.05) is 17.6 Å². The third-order valence-corrected chi connectivity index (χ3v) is 2.99. The summed E-state index contributed by atoms with van der Waals surface area (Å²) in [5.41, 5.74) is 8.50. The molecule has 104 valence electrons. The second-order valence-corrected chi connectivity index (χ2v) is 6.20. The summed E-state index contributed by atoms with van der Waals surface area (Å²) >= 11 is 0. The molecular weight excluding hydrogens is 240 g/mol. The number of rotatable bonds is 4. The highest BCUT2D eigenvalue weighted by atomic mass is 16.3. The molecular formula is C14H22N4O. The van der Waals surface area contributed by atoms with E-state index in [1.807, 2.05) is 12.1 Å². The number of aliphatic hydroxyl groups is 1. The van der Waals surface area contributed by atoms with Gasteiger partial charge in [0.15, 0.2) is 0 Å². The monoisotopic (exact) mass is 262 g/mol. The number of fused-ring (bicyclic) bond motifs is 1. The highest BCUT2D eigenvalue weighted by Crippen LogP contribution is 2.25. The van der Waals surface area contributed by atoms with Gasteiger partial charge < -0.3 is 16.2 Å². The number of nitrogen functional groups attached to an aromatic ring is 1. The van der Waals surface area contributed by atoms with Crippen molar-refractivity contribution in [2.24, 2.45) is 5.41 Å². The number of nitrogens with two attached hydrogens (primary N) is 1. The molecule has 0 spiro atoms. The number of hydrogen-bond donors (Lipinski definition) is 4. The number of hydrogen-bond acceptors (Lipinski definition) is 4. The first-order valence-corrected chi connectivity index (χ1v) is 6.50. The van der Waals surface area contributed by atoms with Crippen LogP contribution in [0.5, 0.6) is 0 Å². The minimum Gasteiger partial charge on any atom is -0.397 e. The van der Waals surface area contributed by atoms with Gasteiger partial charge in [0.1, 0.15) is 0 Å². The number of nitrogens with one attached hydrogen (secondary N) is 2. The zero-order valence-electron chi connectivity index (χ0n) is 11.7. The maximum atomic E-state index is 9.99. The number of H-pyrrole nitrogens is 1. The van der Waals surface area contributed by atoms with E-state index in [-0.39, 0.29) is 5.41 Å². The average molecular weight is 262 g/mol. The number of benzene rings is 1. The molecule has 1 atom stereocenters. The Morgan fingerprint density at radius 2 is 2.16 bits per heavy atom. The zero-order valence-corrected chi connectivity index (χ0v) is 11.7. The first-order valence-electron chi connectivity index (χ1n) is 6.50. The fraction of sp³-hybridized carbons (Fsp3) is 0.500. The van der Waals surface area contributed by atoms with Crippen LogP contribution in [0.25, 0.3) is 10.9 Å². The third kappa shape index (κ3) is 3.61. The minimum atomic E-state index is -0.392. The quantitative estimate of drug-likeness (QED) is 0.637. The minimum absolute atomic E-state index is 0.111. The maximum absolute atomic E-state index is 9.99. The van der Waals surface area contributed by atoms with Gasteiger partial charge in [0.2, 0.25) is 0 Å². The van der Waals surface area contributed by atoms with Crippen LogP contribution in [0.15, 0.2) is 18.3 Å². The van der Waals surface area contributed by atoms with Gasteiger partial charge in [-0.1, -0.05) is 20.8 Å². The molecule has 1 unspecified atom stereocenters. The predicted molar refractivity (Wildman–Crippen MR) is 79.1 cm³/mol. The van der Waals surface area contributed by atoms with E-state index in [0.29, 0.717) is 12.2 Å². The molecule has 0 amide bonds. The van der Waals surface area contributed by atoms with Gasteiger partial charge in [0.25, 0.3) is 0 Å². The van der Waals surface area contributed by atoms with Gasteiger partial charge in [-0.15, -0.1) is 0 Å². The lowest BCUT2D eigenvalue weighted by molar-refractivity contribution is 0.132. The molecule has 1 heterocycles. The van der Waals surface area contributed by atoms with Crippen LogP contribution in [0.4, 0.5) is 11.4 Å². The summed E-state index contributed by atoms with van der Waals surface area (Å²) in [5, 5.41) is 21.0. The fourth-order valence-electron chi connectivity index (χ4n) is 2.17. The molecule has 0 fully saturated rings. The maximum Gasteiger partial charge on any atom is 0.0717 e. The summed E-state index contributed by atoms with van der Waals surface area (Å²) in [5.74, 6) is 0. The molecule has 0 bridgehead atoms. The Morgan fingerprint density at radius 3 is 2.84 bits per heavy atom. The molecule has 0 saturated heterocycles. The van der Waals surface area contributed by atoms with Crippen LogP contribution < -0.4 is 11.1 Å². The summed E-state index contributed by atoms with van der Waals surface area (Å²) in [4.78, 5) is 0. The summed E-state index contributed by atoms with van der Waals surface area (Å²) in [6.45, 7) is 6.82. The van der Waals surface area contributed by atoms with Crippen LogP contribution in [-0.4, -0.2) is 28.0 Å². The molecule has 5 heteroatoms. The second kappa shape index (κ2) is 5.09. The number of aromatic nitrogens is 2. The Hall–Kier alpha value is -1.75. The van der Waals surface area contributed by atoms with Crippen molar-refractivity contribution < 1.29 is 5.11 Å². The van der Waals surface area contributed by atoms with E-state index in [0.717, 1.165) is 23.0 Å². The van der Waals surface area contributed by atoms with Gasteiger partial charge in [-0.2, -0.15) is 5.10 Å². The molecule has 1 aromatic heterocycles. The standard InChI is InChI=1S/C14H22N4O/c1-14(2,3)6-10(19)8-16-13-5-12-9(4-11(13)15)7-17-18-12/h4-5,7,10,16,19H,6,8,15H2,1-3H3,(H,17,18). The van der Waals surface area contributed by atoms with Crippen LogP contribution >= 0.6 is 0 Å². The molecule has 0 saturated carbocycles. The van der Waals surface area contributed by atoms with E-state index < -0.39 is 6.10 Å². The first kappa shape index (κ1) is 13.7. The molecule has 2 aromatic rings. The van der Waals surface area contributed by atoms with Crippen molar-refractivity contribution in [3.8, 4) is 0 Å². The molecule has 2 rings (SSSR count). The SMILES string of the molecule is CC(C)(C)CC(O)CNc1cc2[nH]ncc2cc1N. The Kier molecular flexibility index (Phi) is 3.66. The molecule has 19 heavy (non-hydrogen) atoms. The van der Waals surface area contributed by atoms with E-state index in [4.69, 9.17) is 5.73 Å². The van der Waals surface area contributed by atoms with Crippen molar-refractivity contribution in [3.63, 3.8) is 0 Å². The van der Waals surface area contributed by atoms with Gasteiger partial charge >= 0.3 is 0 Å². The van der Waals surface area contributed by atoms with Crippen LogP contribution in [-0.2, 0) is 0 Å². The smallest absolute Gasteiger partial charge is 0.0717 e. The van der Waals surface area contributed by atoms with E-state index in [1.165, 1.54) is 0 Å². The van der Waals surface area contributed by atoms with Crippen molar-refractivity contribution in [3.05, 3.63) is 18.3 Å². The molecule has 0 aliphatic rings. The molecule has 0 aliphatic carbocycles. The van der Waals surface area contributed by atoms with E-state index in [2.05, 4.69) is 36.3 Å². The van der Waals surface area contributed by atoms with Crippen LogP contribution in [0.2, 0.25) is 0 Å². The number of anilines is 2. The number of aliphatic hydroxyl groups excluding tert-OH is 1. The topological polar surface area (TPSA) is 87.0 Å². The summed E-state index contributed by atoms with van der Waals surface area (Å²) < 4.78 is 0. The third-order valence-electron chi connectivity index (χ3n) is 2.99. The molecule has 5 nitrogen and oxygen atoms in total. The lowest BCUT2D eigenvalue weighted by Crippen LogP contribution is -2.25. The number of aromatic amines is 1. The normalized spacial score (nSPS) is 13.7. The second-order valence-electron chi connectivity index (χ2n) is 6.20. The largest absolute Gasteiger partial charge is 0.397 e. The predicted octanol–water partition coefficient (Wildman–Crippen LogP) is 2.35. The van der Waals surface area contributed by atoms with Crippen LogP contribution in [0.1, 0.15) is 27.2 Å².